The first-order valence-electron chi connectivity index (χ1n) is 6.84. The minimum absolute atomic E-state index is 0.159. The average molecular weight is 268 g/mol. The molecule has 0 spiro atoms. The van der Waals surface area contributed by atoms with Crippen LogP contribution >= 0.6 is 11.6 Å². The van der Waals surface area contributed by atoms with E-state index in [1.54, 1.807) is 0 Å². The zero-order valence-electron chi connectivity index (χ0n) is 11.0. The highest BCUT2D eigenvalue weighted by molar-refractivity contribution is 6.30. The van der Waals surface area contributed by atoms with Gasteiger partial charge in [0.25, 0.3) is 0 Å². The van der Waals surface area contributed by atoms with Crippen molar-refractivity contribution < 1.29 is 5.11 Å². The van der Waals surface area contributed by atoms with E-state index in [1.807, 2.05) is 12.1 Å². The quantitative estimate of drug-likeness (QED) is 0.907. The van der Waals surface area contributed by atoms with Crippen molar-refractivity contribution in [2.75, 3.05) is 19.6 Å². The fourth-order valence-corrected chi connectivity index (χ4v) is 2.86. The SMILES string of the molecule is CCCN1CCC(O)C(Cc2ccc(Cl)cc2)C1. The summed E-state index contributed by atoms with van der Waals surface area (Å²) in [5.41, 5.74) is 1.27. The van der Waals surface area contributed by atoms with E-state index in [9.17, 15) is 5.11 Å². The summed E-state index contributed by atoms with van der Waals surface area (Å²) in [4.78, 5) is 2.47. The van der Waals surface area contributed by atoms with E-state index < -0.39 is 0 Å². The van der Waals surface area contributed by atoms with E-state index in [0.29, 0.717) is 5.92 Å². The Labute approximate surface area is 115 Å². The van der Waals surface area contributed by atoms with Gasteiger partial charge in [0.05, 0.1) is 6.10 Å². The van der Waals surface area contributed by atoms with Crippen LogP contribution in [0.1, 0.15) is 25.3 Å². The molecule has 1 heterocycles. The van der Waals surface area contributed by atoms with Crippen molar-refractivity contribution in [3.63, 3.8) is 0 Å². The number of hydrogen-bond acceptors (Lipinski definition) is 2. The summed E-state index contributed by atoms with van der Waals surface area (Å²) in [6.45, 7) is 5.40. The van der Waals surface area contributed by atoms with Gasteiger partial charge in [-0.05, 0) is 43.5 Å². The molecule has 2 unspecified atom stereocenters. The minimum Gasteiger partial charge on any atom is -0.393 e. The maximum absolute atomic E-state index is 10.1. The van der Waals surface area contributed by atoms with E-state index in [4.69, 9.17) is 11.6 Å². The first-order chi connectivity index (χ1) is 8.69. The van der Waals surface area contributed by atoms with Crippen molar-refractivity contribution in [2.24, 2.45) is 5.92 Å². The Morgan fingerprint density at radius 1 is 1.33 bits per heavy atom. The molecule has 1 aromatic carbocycles. The minimum atomic E-state index is -0.159. The Balaban J connectivity index is 1.95. The summed E-state index contributed by atoms with van der Waals surface area (Å²) >= 11 is 5.89. The van der Waals surface area contributed by atoms with Crippen LogP contribution in [0.3, 0.4) is 0 Å². The number of nitrogens with zero attached hydrogens (tertiary/aromatic N) is 1. The van der Waals surface area contributed by atoms with Gasteiger partial charge in [0.1, 0.15) is 0 Å². The van der Waals surface area contributed by atoms with E-state index in [2.05, 4.69) is 24.0 Å². The highest BCUT2D eigenvalue weighted by atomic mass is 35.5. The Bertz CT molecular complexity index is 365. The topological polar surface area (TPSA) is 23.5 Å². The first-order valence-corrected chi connectivity index (χ1v) is 7.21. The molecule has 1 aromatic rings. The second-order valence-corrected chi connectivity index (χ2v) is 5.68. The number of halogens is 1. The molecule has 3 heteroatoms. The summed E-state index contributed by atoms with van der Waals surface area (Å²) < 4.78 is 0. The van der Waals surface area contributed by atoms with Gasteiger partial charge in [0.2, 0.25) is 0 Å². The third kappa shape index (κ3) is 3.71. The highest BCUT2D eigenvalue weighted by Gasteiger charge is 2.27. The van der Waals surface area contributed by atoms with Crippen molar-refractivity contribution in [3.05, 3.63) is 34.9 Å². The molecular formula is C15H22ClNO. The van der Waals surface area contributed by atoms with Gasteiger partial charge in [-0.3, -0.25) is 0 Å². The Kier molecular flexibility index (Phi) is 5.04. The summed E-state index contributed by atoms with van der Waals surface area (Å²) in [6, 6.07) is 7.98. The monoisotopic (exact) mass is 267 g/mol. The van der Waals surface area contributed by atoms with Crippen molar-refractivity contribution in [3.8, 4) is 0 Å². The van der Waals surface area contributed by atoms with Crippen LogP contribution in [0.4, 0.5) is 0 Å². The third-order valence-corrected chi connectivity index (χ3v) is 3.98. The molecular weight excluding hydrogens is 246 g/mol. The zero-order chi connectivity index (χ0) is 13.0. The molecule has 1 saturated heterocycles. The lowest BCUT2D eigenvalue weighted by Gasteiger charge is -2.36. The maximum Gasteiger partial charge on any atom is 0.0596 e. The van der Waals surface area contributed by atoms with Crippen LogP contribution in [0.15, 0.2) is 24.3 Å². The van der Waals surface area contributed by atoms with E-state index >= 15 is 0 Å². The smallest absolute Gasteiger partial charge is 0.0596 e. The van der Waals surface area contributed by atoms with Gasteiger partial charge in [-0.25, -0.2) is 0 Å². The Hall–Kier alpha value is -0.570. The lowest BCUT2D eigenvalue weighted by molar-refractivity contribution is 0.0270. The molecule has 100 valence electrons. The van der Waals surface area contributed by atoms with Gasteiger partial charge in [-0.1, -0.05) is 30.7 Å². The molecule has 1 N–H and O–H groups in total. The van der Waals surface area contributed by atoms with E-state index in [1.165, 1.54) is 12.0 Å². The number of aliphatic hydroxyl groups is 1. The van der Waals surface area contributed by atoms with Crippen LogP contribution in [0.5, 0.6) is 0 Å². The lowest BCUT2D eigenvalue weighted by Crippen LogP contribution is -2.44. The van der Waals surface area contributed by atoms with Crippen LogP contribution in [-0.4, -0.2) is 35.7 Å². The lowest BCUT2D eigenvalue weighted by atomic mass is 9.88. The third-order valence-electron chi connectivity index (χ3n) is 3.73. The van der Waals surface area contributed by atoms with Crippen LogP contribution in [0.2, 0.25) is 5.02 Å². The first kappa shape index (κ1) is 13.9. The molecule has 2 atom stereocenters. The second-order valence-electron chi connectivity index (χ2n) is 5.25. The Morgan fingerprint density at radius 3 is 2.72 bits per heavy atom. The Morgan fingerprint density at radius 2 is 2.06 bits per heavy atom. The molecule has 0 aliphatic carbocycles. The van der Waals surface area contributed by atoms with Gasteiger partial charge in [0, 0.05) is 24.0 Å². The molecule has 0 radical (unpaired) electrons. The predicted molar refractivity (Wildman–Crippen MR) is 76.0 cm³/mol. The van der Waals surface area contributed by atoms with Crippen LogP contribution < -0.4 is 0 Å². The molecule has 1 aliphatic heterocycles. The molecule has 0 saturated carbocycles. The van der Waals surface area contributed by atoms with Crippen LogP contribution in [0.25, 0.3) is 0 Å². The van der Waals surface area contributed by atoms with E-state index in [-0.39, 0.29) is 6.10 Å². The van der Waals surface area contributed by atoms with Crippen molar-refractivity contribution in [1.29, 1.82) is 0 Å². The molecule has 2 nitrogen and oxygen atoms in total. The molecule has 18 heavy (non-hydrogen) atoms. The summed E-state index contributed by atoms with van der Waals surface area (Å²) in [7, 11) is 0. The van der Waals surface area contributed by atoms with Crippen molar-refractivity contribution >= 4 is 11.6 Å². The summed E-state index contributed by atoms with van der Waals surface area (Å²) in [5, 5.41) is 10.9. The van der Waals surface area contributed by atoms with Gasteiger partial charge >= 0.3 is 0 Å². The zero-order valence-corrected chi connectivity index (χ0v) is 11.7. The number of likely N-dealkylation sites (tertiary alicyclic amines) is 1. The molecule has 1 fully saturated rings. The average Bonchev–Trinajstić information content (AvgIpc) is 2.36. The fourth-order valence-electron chi connectivity index (χ4n) is 2.74. The van der Waals surface area contributed by atoms with Gasteiger partial charge in [-0.15, -0.1) is 0 Å². The molecule has 0 amide bonds. The largest absolute Gasteiger partial charge is 0.393 e. The van der Waals surface area contributed by atoms with Crippen molar-refractivity contribution in [1.82, 2.24) is 4.90 Å². The normalized spacial score (nSPS) is 25.3. The van der Waals surface area contributed by atoms with Crippen molar-refractivity contribution in [2.45, 2.75) is 32.3 Å². The standard InChI is InChI=1S/C15H22ClNO/c1-2-8-17-9-7-15(18)13(11-17)10-12-3-5-14(16)6-4-12/h3-6,13,15,18H,2,7-11H2,1H3. The molecule has 2 rings (SSSR count). The van der Waals surface area contributed by atoms with Crippen LogP contribution in [0, 0.1) is 5.92 Å². The van der Waals surface area contributed by atoms with Crippen LogP contribution in [-0.2, 0) is 6.42 Å². The number of piperidine rings is 1. The highest BCUT2D eigenvalue weighted by Crippen LogP contribution is 2.22. The molecule has 0 bridgehead atoms. The van der Waals surface area contributed by atoms with Gasteiger partial charge < -0.3 is 10.0 Å². The van der Waals surface area contributed by atoms with E-state index in [0.717, 1.165) is 37.5 Å². The predicted octanol–water partition coefficient (Wildman–Crippen LogP) is 2.98. The number of benzene rings is 1. The summed E-state index contributed by atoms with van der Waals surface area (Å²) in [5.74, 6) is 0.353. The maximum atomic E-state index is 10.1. The van der Waals surface area contributed by atoms with Gasteiger partial charge in [-0.2, -0.15) is 0 Å². The molecule has 0 aromatic heterocycles. The fraction of sp³-hybridized carbons (Fsp3) is 0.600. The molecule has 1 aliphatic rings. The number of aliphatic hydroxyl groups excluding tert-OH is 1. The number of rotatable bonds is 4. The van der Waals surface area contributed by atoms with Gasteiger partial charge in [0.15, 0.2) is 0 Å². The second kappa shape index (κ2) is 6.55. The number of hydrogen-bond donors (Lipinski definition) is 1. The summed E-state index contributed by atoms with van der Waals surface area (Å²) in [6.07, 6.45) is 2.87.